The third-order valence-corrected chi connectivity index (χ3v) is 5.39. The van der Waals surface area contributed by atoms with E-state index in [1.54, 1.807) is 0 Å². The molecule has 6 nitrogen and oxygen atoms in total. The molecule has 1 aromatic rings. The van der Waals surface area contributed by atoms with Gasteiger partial charge in [-0.25, -0.2) is 0 Å². The summed E-state index contributed by atoms with van der Waals surface area (Å²) in [5, 5.41) is 6.20. The first-order valence-electron chi connectivity index (χ1n) is 9.10. The first kappa shape index (κ1) is 17.9. The number of hydrogen-bond donors (Lipinski definition) is 2. The summed E-state index contributed by atoms with van der Waals surface area (Å²) in [6, 6.07) is 7.58. The first-order valence-corrected chi connectivity index (χ1v) is 9.10. The summed E-state index contributed by atoms with van der Waals surface area (Å²) in [7, 11) is 2.08. The van der Waals surface area contributed by atoms with Gasteiger partial charge in [-0.3, -0.25) is 9.59 Å². The topological polar surface area (TPSA) is 64.7 Å². The van der Waals surface area contributed by atoms with Crippen LogP contribution in [-0.4, -0.2) is 67.9 Å². The second-order valence-corrected chi connectivity index (χ2v) is 7.22. The molecule has 2 fully saturated rings. The molecule has 0 aliphatic carbocycles. The standard InChI is InChI=1S/C19H28N4O2/c1-14(17-12-20-13-17)18(24)21-11-15-3-5-16(6-4-15)19(25)23-9-7-22(2)8-10-23/h3-6,14,17,20H,7-13H2,1-2H3,(H,21,24). The highest BCUT2D eigenvalue weighted by Gasteiger charge is 2.28. The Kier molecular flexibility index (Phi) is 5.71. The van der Waals surface area contributed by atoms with E-state index in [-0.39, 0.29) is 17.7 Å². The van der Waals surface area contributed by atoms with E-state index < -0.39 is 0 Å². The number of carbonyl (C=O) groups excluding carboxylic acids is 2. The fraction of sp³-hybridized carbons (Fsp3) is 0.579. The summed E-state index contributed by atoms with van der Waals surface area (Å²) in [5.41, 5.74) is 1.73. The van der Waals surface area contributed by atoms with Crippen LogP contribution in [0.5, 0.6) is 0 Å². The summed E-state index contributed by atoms with van der Waals surface area (Å²) >= 11 is 0. The van der Waals surface area contributed by atoms with Crippen molar-refractivity contribution < 1.29 is 9.59 Å². The maximum Gasteiger partial charge on any atom is 0.253 e. The van der Waals surface area contributed by atoms with E-state index in [1.165, 1.54) is 0 Å². The van der Waals surface area contributed by atoms with Crippen molar-refractivity contribution in [1.29, 1.82) is 0 Å². The van der Waals surface area contributed by atoms with Crippen molar-refractivity contribution in [3.05, 3.63) is 35.4 Å². The largest absolute Gasteiger partial charge is 0.352 e. The van der Waals surface area contributed by atoms with E-state index in [9.17, 15) is 9.59 Å². The predicted molar refractivity (Wildman–Crippen MR) is 97.2 cm³/mol. The van der Waals surface area contributed by atoms with E-state index in [2.05, 4.69) is 22.6 Å². The van der Waals surface area contributed by atoms with Gasteiger partial charge in [-0.05, 0) is 43.8 Å². The van der Waals surface area contributed by atoms with Crippen molar-refractivity contribution in [2.24, 2.45) is 11.8 Å². The van der Waals surface area contributed by atoms with Gasteiger partial charge in [-0.2, -0.15) is 0 Å². The van der Waals surface area contributed by atoms with Crippen molar-refractivity contribution >= 4 is 11.8 Å². The van der Waals surface area contributed by atoms with Gasteiger partial charge in [0.15, 0.2) is 0 Å². The lowest BCUT2D eigenvalue weighted by molar-refractivity contribution is -0.126. The fourth-order valence-electron chi connectivity index (χ4n) is 3.19. The number of piperazine rings is 1. The minimum atomic E-state index is 0.0410. The van der Waals surface area contributed by atoms with E-state index >= 15 is 0 Å². The Bertz CT molecular complexity index is 604. The first-order chi connectivity index (χ1) is 12.0. The van der Waals surface area contributed by atoms with Crippen molar-refractivity contribution in [1.82, 2.24) is 20.4 Å². The van der Waals surface area contributed by atoms with Gasteiger partial charge >= 0.3 is 0 Å². The normalized spacial score (nSPS) is 20.0. The van der Waals surface area contributed by atoms with Gasteiger partial charge in [-0.1, -0.05) is 19.1 Å². The molecule has 0 bridgehead atoms. The third kappa shape index (κ3) is 4.38. The van der Waals surface area contributed by atoms with Crippen LogP contribution in [-0.2, 0) is 11.3 Å². The van der Waals surface area contributed by atoms with Crippen LogP contribution in [0.2, 0.25) is 0 Å². The molecule has 2 N–H and O–H groups in total. The summed E-state index contributed by atoms with van der Waals surface area (Å²) in [4.78, 5) is 28.8. The van der Waals surface area contributed by atoms with E-state index in [0.29, 0.717) is 18.0 Å². The van der Waals surface area contributed by atoms with Crippen molar-refractivity contribution in [2.75, 3.05) is 46.3 Å². The monoisotopic (exact) mass is 344 g/mol. The van der Waals surface area contributed by atoms with Gasteiger partial charge in [-0.15, -0.1) is 0 Å². The number of likely N-dealkylation sites (N-methyl/N-ethyl adjacent to an activating group) is 1. The summed E-state index contributed by atoms with van der Waals surface area (Å²) < 4.78 is 0. The van der Waals surface area contributed by atoms with Crippen LogP contribution in [0.4, 0.5) is 0 Å². The highest BCUT2D eigenvalue weighted by atomic mass is 16.2. The molecule has 3 rings (SSSR count). The Labute approximate surface area is 149 Å². The summed E-state index contributed by atoms with van der Waals surface area (Å²) in [6.45, 7) is 7.75. The van der Waals surface area contributed by atoms with Crippen molar-refractivity contribution in [3.8, 4) is 0 Å². The van der Waals surface area contributed by atoms with Crippen LogP contribution in [0.3, 0.4) is 0 Å². The van der Waals surface area contributed by atoms with Gasteiger partial charge in [0.25, 0.3) is 5.91 Å². The lowest BCUT2D eigenvalue weighted by Gasteiger charge is -2.32. The molecule has 2 aliphatic rings. The fourth-order valence-corrected chi connectivity index (χ4v) is 3.19. The van der Waals surface area contributed by atoms with E-state index in [4.69, 9.17) is 0 Å². The minimum absolute atomic E-state index is 0.0410. The molecule has 2 saturated heterocycles. The average Bonchev–Trinajstić information content (AvgIpc) is 2.58. The smallest absolute Gasteiger partial charge is 0.253 e. The average molecular weight is 344 g/mol. The highest BCUT2D eigenvalue weighted by molar-refractivity contribution is 5.94. The van der Waals surface area contributed by atoms with Gasteiger partial charge in [0.1, 0.15) is 0 Å². The number of nitrogens with one attached hydrogen (secondary N) is 2. The molecular formula is C19H28N4O2. The van der Waals surface area contributed by atoms with Crippen LogP contribution < -0.4 is 10.6 Å². The number of hydrogen-bond acceptors (Lipinski definition) is 4. The summed E-state index contributed by atoms with van der Waals surface area (Å²) in [5.74, 6) is 0.682. The number of rotatable bonds is 5. The molecule has 25 heavy (non-hydrogen) atoms. The molecule has 6 heteroatoms. The van der Waals surface area contributed by atoms with Crippen LogP contribution >= 0.6 is 0 Å². The Hall–Kier alpha value is -1.92. The van der Waals surface area contributed by atoms with Crippen molar-refractivity contribution in [3.63, 3.8) is 0 Å². The molecular weight excluding hydrogens is 316 g/mol. The number of nitrogens with zero attached hydrogens (tertiary/aromatic N) is 2. The van der Waals surface area contributed by atoms with Gasteiger partial charge < -0.3 is 20.4 Å². The van der Waals surface area contributed by atoms with E-state index in [0.717, 1.165) is 44.8 Å². The number of amides is 2. The molecule has 136 valence electrons. The van der Waals surface area contributed by atoms with Gasteiger partial charge in [0.2, 0.25) is 5.91 Å². The van der Waals surface area contributed by atoms with Crippen LogP contribution in [0.25, 0.3) is 0 Å². The second-order valence-electron chi connectivity index (χ2n) is 7.22. The summed E-state index contributed by atoms with van der Waals surface area (Å²) in [6.07, 6.45) is 0. The Morgan fingerprint density at radius 1 is 1.16 bits per heavy atom. The zero-order valence-corrected chi connectivity index (χ0v) is 15.1. The van der Waals surface area contributed by atoms with Crippen LogP contribution in [0.15, 0.2) is 24.3 Å². The molecule has 0 aromatic heterocycles. The quantitative estimate of drug-likeness (QED) is 0.819. The molecule has 1 aromatic carbocycles. The molecule has 1 unspecified atom stereocenters. The Morgan fingerprint density at radius 2 is 1.80 bits per heavy atom. The molecule has 2 heterocycles. The third-order valence-electron chi connectivity index (χ3n) is 5.39. The SMILES string of the molecule is CC(C(=O)NCc1ccc(C(=O)N2CCN(C)CC2)cc1)C1CNC1. The zero-order valence-electron chi connectivity index (χ0n) is 15.1. The highest BCUT2D eigenvalue weighted by Crippen LogP contribution is 2.16. The molecule has 0 saturated carbocycles. The van der Waals surface area contributed by atoms with Crippen LogP contribution in [0, 0.1) is 11.8 Å². The number of benzene rings is 1. The van der Waals surface area contributed by atoms with E-state index in [1.807, 2.05) is 36.1 Å². The van der Waals surface area contributed by atoms with Crippen molar-refractivity contribution in [2.45, 2.75) is 13.5 Å². The molecule has 0 spiro atoms. The maximum absolute atomic E-state index is 12.5. The predicted octanol–water partition coefficient (Wildman–Crippen LogP) is 0.546. The zero-order chi connectivity index (χ0) is 17.8. The lowest BCUT2D eigenvalue weighted by atomic mass is 9.88. The maximum atomic E-state index is 12.5. The number of carbonyl (C=O) groups is 2. The van der Waals surface area contributed by atoms with Gasteiger partial charge in [0, 0.05) is 44.2 Å². The second kappa shape index (κ2) is 7.97. The molecule has 0 radical (unpaired) electrons. The molecule has 1 atom stereocenters. The minimum Gasteiger partial charge on any atom is -0.352 e. The Morgan fingerprint density at radius 3 is 2.36 bits per heavy atom. The molecule has 2 amide bonds. The van der Waals surface area contributed by atoms with Crippen LogP contribution in [0.1, 0.15) is 22.8 Å². The molecule has 2 aliphatic heterocycles. The lowest BCUT2D eigenvalue weighted by Crippen LogP contribution is -2.49. The Balaban J connectivity index is 1.50. The van der Waals surface area contributed by atoms with Gasteiger partial charge in [0.05, 0.1) is 0 Å².